The topological polar surface area (TPSA) is 76.0 Å². The van der Waals surface area contributed by atoms with E-state index in [0.29, 0.717) is 5.52 Å². The summed E-state index contributed by atoms with van der Waals surface area (Å²) < 4.78 is 23.0. The summed E-state index contributed by atoms with van der Waals surface area (Å²) in [5.74, 6) is 0. The van der Waals surface area contributed by atoms with Crippen LogP contribution in [-0.4, -0.2) is 43.0 Å². The number of sulfonamides is 1. The minimum atomic E-state index is -3.71. The van der Waals surface area contributed by atoms with Gasteiger partial charge in [0.2, 0.25) is 10.0 Å². The Hall–Kier alpha value is -0.850. The zero-order chi connectivity index (χ0) is 12.0. The first kappa shape index (κ1) is 13.6. The van der Waals surface area contributed by atoms with Gasteiger partial charge in [-0.05, 0) is 12.1 Å². The van der Waals surface area contributed by atoms with E-state index < -0.39 is 10.0 Å². The van der Waals surface area contributed by atoms with Gasteiger partial charge in [0.1, 0.15) is 4.90 Å². The average Bonchev–Trinajstić information content (AvgIpc) is 2.65. The van der Waals surface area contributed by atoms with Crippen molar-refractivity contribution in [3.05, 3.63) is 42.5 Å². The van der Waals surface area contributed by atoms with E-state index in [1.807, 2.05) is 30.3 Å². The van der Waals surface area contributed by atoms with Crippen LogP contribution in [0.2, 0.25) is 0 Å². The molecule has 6 heteroatoms. The molecular weight excluding hydrogens is 259 g/mol. The van der Waals surface area contributed by atoms with Gasteiger partial charge in [-0.15, -0.1) is 0 Å². The zero-order valence-corrected chi connectivity index (χ0v) is 9.66. The molecular formula is C12H11N2NaO2S. The van der Waals surface area contributed by atoms with Gasteiger partial charge in [-0.25, -0.2) is 13.6 Å². The Morgan fingerprint density at radius 2 is 1.61 bits per heavy atom. The van der Waals surface area contributed by atoms with Crippen molar-refractivity contribution in [2.75, 3.05) is 0 Å². The van der Waals surface area contributed by atoms with Crippen molar-refractivity contribution in [2.24, 2.45) is 5.14 Å². The van der Waals surface area contributed by atoms with Crippen LogP contribution in [0.3, 0.4) is 0 Å². The summed E-state index contributed by atoms with van der Waals surface area (Å²) in [6.45, 7) is 0. The first-order chi connectivity index (χ1) is 8.07. The van der Waals surface area contributed by atoms with Crippen LogP contribution in [0.25, 0.3) is 21.8 Å². The number of primary sulfonamides is 1. The second-order valence-corrected chi connectivity index (χ2v) is 5.42. The van der Waals surface area contributed by atoms with Crippen molar-refractivity contribution in [1.29, 1.82) is 0 Å². The third kappa shape index (κ3) is 2.08. The molecule has 3 N–H and O–H groups in total. The van der Waals surface area contributed by atoms with Crippen molar-refractivity contribution >= 4 is 61.4 Å². The fourth-order valence-corrected chi connectivity index (χ4v) is 2.80. The fourth-order valence-electron chi connectivity index (χ4n) is 2.08. The van der Waals surface area contributed by atoms with Gasteiger partial charge in [-0.1, -0.05) is 30.3 Å². The molecule has 3 rings (SSSR count). The quantitative estimate of drug-likeness (QED) is 0.654. The first-order valence-electron chi connectivity index (χ1n) is 5.09. The van der Waals surface area contributed by atoms with Crippen LogP contribution in [-0.2, 0) is 10.0 Å². The fraction of sp³-hybridized carbons (Fsp3) is 0. The third-order valence-electron chi connectivity index (χ3n) is 2.81. The molecule has 0 aliphatic carbocycles. The number of hydrogen-bond donors (Lipinski definition) is 2. The van der Waals surface area contributed by atoms with Gasteiger partial charge in [0.05, 0.1) is 5.52 Å². The number of aromatic amines is 1. The first-order valence-corrected chi connectivity index (χ1v) is 6.64. The van der Waals surface area contributed by atoms with Crippen LogP contribution in [0.4, 0.5) is 0 Å². The van der Waals surface area contributed by atoms with E-state index in [0.717, 1.165) is 16.3 Å². The Morgan fingerprint density at radius 1 is 0.944 bits per heavy atom. The molecule has 18 heavy (non-hydrogen) atoms. The van der Waals surface area contributed by atoms with Crippen molar-refractivity contribution in [3.63, 3.8) is 0 Å². The van der Waals surface area contributed by atoms with Crippen LogP contribution in [0.15, 0.2) is 47.4 Å². The van der Waals surface area contributed by atoms with Crippen molar-refractivity contribution in [3.8, 4) is 0 Å². The Morgan fingerprint density at radius 3 is 2.33 bits per heavy atom. The van der Waals surface area contributed by atoms with Gasteiger partial charge in [0, 0.05) is 16.3 Å². The molecule has 0 atom stereocenters. The summed E-state index contributed by atoms with van der Waals surface area (Å²) in [5, 5.41) is 7.06. The zero-order valence-electron chi connectivity index (χ0n) is 8.84. The van der Waals surface area contributed by atoms with E-state index in [4.69, 9.17) is 5.14 Å². The number of aromatic nitrogens is 1. The Bertz CT molecular complexity index is 824. The van der Waals surface area contributed by atoms with Crippen molar-refractivity contribution in [1.82, 2.24) is 4.98 Å². The van der Waals surface area contributed by atoms with E-state index >= 15 is 0 Å². The standard InChI is InChI=1S/C12H10N2O2S.Na.H/c13-17(15,16)11-7-3-5-9-8-4-1-2-6-10(8)14-12(9)11;;/h1-7,14H,(H2,13,15,16);;. The molecule has 0 radical (unpaired) electrons. The SMILES string of the molecule is NS(=O)(=O)c1cccc2c1[nH]c1ccccc12.[NaH]. The van der Waals surface area contributed by atoms with Crippen LogP contribution in [0, 0.1) is 0 Å². The maximum atomic E-state index is 11.5. The second kappa shape index (κ2) is 4.68. The normalized spacial score (nSPS) is 11.6. The van der Waals surface area contributed by atoms with Gasteiger partial charge in [-0.3, -0.25) is 0 Å². The van der Waals surface area contributed by atoms with E-state index in [2.05, 4.69) is 4.98 Å². The molecule has 0 spiro atoms. The molecule has 1 aromatic heterocycles. The molecule has 3 aromatic rings. The van der Waals surface area contributed by atoms with Gasteiger partial charge < -0.3 is 4.98 Å². The number of benzene rings is 2. The minimum absolute atomic E-state index is 0. The second-order valence-electron chi connectivity index (χ2n) is 3.89. The number of H-pyrrole nitrogens is 1. The van der Waals surface area contributed by atoms with Gasteiger partial charge in [0.25, 0.3) is 0 Å². The number of rotatable bonds is 1. The van der Waals surface area contributed by atoms with E-state index in [9.17, 15) is 8.42 Å². The molecule has 0 bridgehead atoms. The summed E-state index contributed by atoms with van der Waals surface area (Å²) in [6, 6.07) is 12.7. The summed E-state index contributed by atoms with van der Waals surface area (Å²) >= 11 is 0. The Balaban J connectivity index is 0.00000120. The van der Waals surface area contributed by atoms with Gasteiger partial charge >= 0.3 is 29.6 Å². The van der Waals surface area contributed by atoms with Crippen LogP contribution >= 0.6 is 0 Å². The summed E-state index contributed by atoms with van der Waals surface area (Å²) in [7, 11) is -3.71. The number of hydrogen-bond acceptors (Lipinski definition) is 2. The van der Waals surface area contributed by atoms with Crippen molar-refractivity contribution < 1.29 is 8.42 Å². The number of fused-ring (bicyclic) bond motifs is 3. The summed E-state index contributed by atoms with van der Waals surface area (Å²) in [5.41, 5.74) is 1.47. The molecule has 0 unspecified atom stereocenters. The summed E-state index contributed by atoms with van der Waals surface area (Å²) in [4.78, 5) is 3.22. The Labute approximate surface area is 127 Å². The molecule has 0 fully saturated rings. The molecule has 0 aliphatic rings. The van der Waals surface area contributed by atoms with E-state index in [1.165, 1.54) is 6.07 Å². The van der Waals surface area contributed by atoms with Crippen LogP contribution in [0.1, 0.15) is 0 Å². The van der Waals surface area contributed by atoms with Gasteiger partial charge in [-0.2, -0.15) is 0 Å². The van der Waals surface area contributed by atoms with Crippen LogP contribution < -0.4 is 5.14 Å². The third-order valence-corrected chi connectivity index (χ3v) is 3.76. The molecule has 0 aliphatic heterocycles. The van der Waals surface area contributed by atoms with Crippen molar-refractivity contribution in [2.45, 2.75) is 4.90 Å². The molecule has 2 aromatic carbocycles. The van der Waals surface area contributed by atoms with E-state index in [-0.39, 0.29) is 34.5 Å². The predicted octanol–water partition coefficient (Wildman–Crippen LogP) is 1.32. The average molecular weight is 270 g/mol. The van der Waals surface area contributed by atoms with Crippen LogP contribution in [0.5, 0.6) is 0 Å². The number of para-hydroxylation sites is 2. The maximum absolute atomic E-state index is 11.5. The number of nitrogens with one attached hydrogen (secondary N) is 1. The predicted molar refractivity (Wildman–Crippen MR) is 74.3 cm³/mol. The molecule has 4 nitrogen and oxygen atoms in total. The molecule has 0 saturated carbocycles. The van der Waals surface area contributed by atoms with E-state index in [1.54, 1.807) is 6.07 Å². The monoisotopic (exact) mass is 270 g/mol. The summed E-state index contributed by atoms with van der Waals surface area (Å²) in [6.07, 6.45) is 0. The number of nitrogens with two attached hydrogens (primary N) is 1. The molecule has 0 amide bonds. The molecule has 88 valence electrons. The molecule has 0 saturated heterocycles. The Kier molecular flexibility index (Phi) is 3.53. The van der Waals surface area contributed by atoms with Gasteiger partial charge in [0.15, 0.2) is 0 Å². The molecule has 1 heterocycles.